The summed E-state index contributed by atoms with van der Waals surface area (Å²) >= 11 is 0. The second kappa shape index (κ2) is 59.5. The molecule has 6 nitrogen and oxygen atoms in total. The lowest BCUT2D eigenvalue weighted by molar-refractivity contribution is -0.167. The van der Waals surface area contributed by atoms with Gasteiger partial charge in [-0.25, -0.2) is 0 Å². The molecule has 0 aromatic heterocycles. The first-order valence-electron chi connectivity index (χ1n) is 31.3. The molecule has 70 heavy (non-hydrogen) atoms. The van der Waals surface area contributed by atoms with E-state index >= 15 is 0 Å². The Kier molecular flexibility index (Phi) is 57.7. The summed E-state index contributed by atoms with van der Waals surface area (Å²) in [6, 6.07) is 0. The number of carbonyl (C=O) groups is 3. The van der Waals surface area contributed by atoms with Crippen LogP contribution in [0.1, 0.15) is 348 Å². The van der Waals surface area contributed by atoms with Crippen molar-refractivity contribution < 1.29 is 28.6 Å². The van der Waals surface area contributed by atoms with Gasteiger partial charge in [-0.2, -0.15) is 0 Å². The van der Waals surface area contributed by atoms with Crippen LogP contribution in [0.2, 0.25) is 0 Å². The Morgan fingerprint density at radius 3 is 0.814 bits per heavy atom. The SMILES string of the molecule is CCCCC/C=C\C/C=C\CCCCCCCCCCCC(=O)OC(COC(=O)CCCCCCCCC)COC(=O)CCCCCCCCCCCCCCCCCCCCCCCCCCCC. The molecule has 0 aromatic rings. The average Bonchev–Trinajstić information content (AvgIpc) is 3.36. The van der Waals surface area contributed by atoms with Gasteiger partial charge in [0.2, 0.25) is 0 Å². The van der Waals surface area contributed by atoms with Gasteiger partial charge < -0.3 is 14.2 Å². The van der Waals surface area contributed by atoms with Crippen molar-refractivity contribution in [3.8, 4) is 0 Å². The molecule has 0 fully saturated rings. The summed E-state index contributed by atoms with van der Waals surface area (Å²) < 4.78 is 16.8. The molecule has 6 heteroatoms. The third-order valence-electron chi connectivity index (χ3n) is 14.2. The van der Waals surface area contributed by atoms with Crippen LogP contribution < -0.4 is 0 Å². The van der Waals surface area contributed by atoms with Crippen LogP contribution in [0.15, 0.2) is 24.3 Å². The van der Waals surface area contributed by atoms with E-state index in [1.165, 1.54) is 244 Å². The minimum absolute atomic E-state index is 0.0679. The Bertz CT molecular complexity index is 1130. The molecule has 0 aliphatic rings. The number of unbranched alkanes of at least 4 members (excludes halogenated alkanes) is 43. The highest BCUT2D eigenvalue weighted by Gasteiger charge is 2.19. The maximum Gasteiger partial charge on any atom is 0.306 e. The van der Waals surface area contributed by atoms with E-state index in [1.54, 1.807) is 0 Å². The summed E-state index contributed by atoms with van der Waals surface area (Å²) in [5.74, 6) is -0.857. The third kappa shape index (κ3) is 56.8. The number of rotatable bonds is 58. The van der Waals surface area contributed by atoms with E-state index in [0.717, 1.165) is 64.2 Å². The molecule has 0 aliphatic heterocycles. The zero-order chi connectivity index (χ0) is 50.7. The first-order valence-corrected chi connectivity index (χ1v) is 31.3. The van der Waals surface area contributed by atoms with E-state index in [4.69, 9.17) is 14.2 Å². The Balaban J connectivity index is 4.06. The van der Waals surface area contributed by atoms with Crippen LogP contribution in [0.25, 0.3) is 0 Å². The van der Waals surface area contributed by atoms with Crippen LogP contribution in [0, 0.1) is 0 Å². The van der Waals surface area contributed by atoms with Crippen LogP contribution in [0.4, 0.5) is 0 Å². The maximum absolute atomic E-state index is 12.8. The van der Waals surface area contributed by atoms with Crippen LogP contribution in [0.5, 0.6) is 0 Å². The molecule has 0 aliphatic carbocycles. The van der Waals surface area contributed by atoms with E-state index in [-0.39, 0.29) is 31.1 Å². The Labute approximate surface area is 436 Å². The van der Waals surface area contributed by atoms with Gasteiger partial charge in [0, 0.05) is 19.3 Å². The molecular weight excluding hydrogens is 865 g/mol. The Hall–Kier alpha value is -2.11. The van der Waals surface area contributed by atoms with Crippen molar-refractivity contribution >= 4 is 17.9 Å². The van der Waals surface area contributed by atoms with E-state index in [1.807, 2.05) is 0 Å². The lowest BCUT2D eigenvalue weighted by atomic mass is 10.0. The van der Waals surface area contributed by atoms with Crippen molar-refractivity contribution in [2.24, 2.45) is 0 Å². The highest BCUT2D eigenvalue weighted by atomic mass is 16.6. The molecule has 0 N–H and O–H groups in total. The number of hydrogen-bond donors (Lipinski definition) is 0. The summed E-state index contributed by atoms with van der Waals surface area (Å²) in [4.78, 5) is 38.0. The third-order valence-corrected chi connectivity index (χ3v) is 14.2. The molecule has 0 saturated carbocycles. The summed E-state index contributed by atoms with van der Waals surface area (Å²) in [6.45, 7) is 6.63. The van der Waals surface area contributed by atoms with Gasteiger partial charge in [-0.1, -0.05) is 302 Å². The van der Waals surface area contributed by atoms with Gasteiger partial charge in [0.1, 0.15) is 13.2 Å². The van der Waals surface area contributed by atoms with Gasteiger partial charge in [0.25, 0.3) is 0 Å². The van der Waals surface area contributed by atoms with E-state index in [2.05, 4.69) is 45.1 Å². The summed E-state index contributed by atoms with van der Waals surface area (Å²) in [5, 5.41) is 0. The molecule has 0 aromatic carbocycles. The minimum Gasteiger partial charge on any atom is -0.462 e. The predicted octanol–water partition coefficient (Wildman–Crippen LogP) is 21.1. The van der Waals surface area contributed by atoms with E-state index in [0.29, 0.717) is 19.3 Å². The first-order chi connectivity index (χ1) is 34.5. The highest BCUT2D eigenvalue weighted by Crippen LogP contribution is 2.18. The first kappa shape index (κ1) is 67.9. The fraction of sp³-hybridized carbons (Fsp3) is 0.891. The van der Waals surface area contributed by atoms with E-state index in [9.17, 15) is 14.4 Å². The van der Waals surface area contributed by atoms with Gasteiger partial charge in [-0.3, -0.25) is 14.4 Å². The molecule has 1 atom stereocenters. The smallest absolute Gasteiger partial charge is 0.306 e. The normalized spacial score (nSPS) is 12.1. The van der Waals surface area contributed by atoms with Crippen molar-refractivity contribution in [1.29, 1.82) is 0 Å². The number of allylic oxidation sites excluding steroid dienone is 4. The van der Waals surface area contributed by atoms with Gasteiger partial charge in [-0.05, 0) is 51.4 Å². The quantitative estimate of drug-likeness (QED) is 0.0261. The minimum atomic E-state index is -0.768. The van der Waals surface area contributed by atoms with E-state index < -0.39 is 6.10 Å². The lowest BCUT2D eigenvalue weighted by Gasteiger charge is -2.18. The summed E-state index contributed by atoms with van der Waals surface area (Å²) in [6.07, 6.45) is 70.7. The van der Waals surface area contributed by atoms with Gasteiger partial charge >= 0.3 is 17.9 Å². The number of ether oxygens (including phenoxy) is 3. The molecule has 1 unspecified atom stereocenters. The van der Waals surface area contributed by atoms with Gasteiger partial charge in [0.15, 0.2) is 6.10 Å². The fourth-order valence-corrected chi connectivity index (χ4v) is 9.48. The van der Waals surface area contributed by atoms with Crippen molar-refractivity contribution in [3.63, 3.8) is 0 Å². The molecule has 0 radical (unpaired) electrons. The highest BCUT2D eigenvalue weighted by molar-refractivity contribution is 5.71. The van der Waals surface area contributed by atoms with Gasteiger partial charge in [-0.15, -0.1) is 0 Å². The molecule has 0 rings (SSSR count). The Morgan fingerprint density at radius 2 is 0.514 bits per heavy atom. The summed E-state index contributed by atoms with van der Waals surface area (Å²) in [7, 11) is 0. The van der Waals surface area contributed by atoms with Crippen LogP contribution in [0.3, 0.4) is 0 Å². The Morgan fingerprint density at radius 1 is 0.286 bits per heavy atom. The maximum atomic E-state index is 12.8. The molecular formula is C64H120O6. The van der Waals surface area contributed by atoms with Crippen molar-refractivity contribution in [2.45, 2.75) is 354 Å². The van der Waals surface area contributed by atoms with Crippen molar-refractivity contribution in [3.05, 3.63) is 24.3 Å². The lowest BCUT2D eigenvalue weighted by Crippen LogP contribution is -2.30. The topological polar surface area (TPSA) is 78.9 Å². The molecule has 412 valence electrons. The molecule has 0 saturated heterocycles. The average molecular weight is 986 g/mol. The largest absolute Gasteiger partial charge is 0.462 e. The number of carbonyl (C=O) groups excluding carboxylic acids is 3. The zero-order valence-corrected chi connectivity index (χ0v) is 47.3. The molecule has 0 amide bonds. The zero-order valence-electron chi connectivity index (χ0n) is 47.3. The standard InChI is InChI=1S/C64H120O6/c1-4-7-10-13-16-18-20-22-24-26-28-29-30-31-32-33-34-36-37-39-41-43-45-48-51-54-57-63(66)69-60-61(59-68-62(65)56-53-50-47-15-12-9-6-3)70-64(67)58-55-52-49-46-44-42-40-38-35-27-25-23-21-19-17-14-11-8-5-2/h17,19,23,25,61H,4-16,18,20-22,24,26-60H2,1-3H3/b19-17-,25-23-. The molecule has 0 bridgehead atoms. The molecule has 0 spiro atoms. The fourth-order valence-electron chi connectivity index (χ4n) is 9.48. The molecule has 0 heterocycles. The predicted molar refractivity (Wildman–Crippen MR) is 303 cm³/mol. The van der Waals surface area contributed by atoms with Crippen molar-refractivity contribution in [2.75, 3.05) is 13.2 Å². The van der Waals surface area contributed by atoms with Crippen LogP contribution in [-0.4, -0.2) is 37.2 Å². The number of esters is 3. The number of hydrogen-bond acceptors (Lipinski definition) is 6. The summed E-state index contributed by atoms with van der Waals surface area (Å²) in [5.41, 5.74) is 0. The second-order valence-electron chi connectivity index (χ2n) is 21.3. The second-order valence-corrected chi connectivity index (χ2v) is 21.3. The van der Waals surface area contributed by atoms with Gasteiger partial charge in [0.05, 0.1) is 0 Å². The van der Waals surface area contributed by atoms with Crippen molar-refractivity contribution in [1.82, 2.24) is 0 Å². The monoisotopic (exact) mass is 985 g/mol. The van der Waals surface area contributed by atoms with Crippen LogP contribution in [-0.2, 0) is 28.6 Å². The van der Waals surface area contributed by atoms with Crippen LogP contribution >= 0.6 is 0 Å².